The Hall–Kier alpha value is -2.31. The molecule has 1 N–H and O–H groups in total. The quantitative estimate of drug-likeness (QED) is 0.819. The molecule has 0 aliphatic carbocycles. The summed E-state index contributed by atoms with van der Waals surface area (Å²) in [6, 6.07) is 1.32. The second-order valence-corrected chi connectivity index (χ2v) is 3.12. The lowest BCUT2D eigenvalue weighted by atomic mass is 10.4. The second kappa shape index (κ2) is 4.05. The van der Waals surface area contributed by atoms with E-state index in [1.807, 2.05) is 0 Å². The number of aryl methyl sites for hydroxylation is 1. The lowest BCUT2D eigenvalue weighted by Gasteiger charge is -1.97. The molecule has 7 heteroatoms. The number of aromatic nitrogens is 3. The first-order valence-electron chi connectivity index (χ1n) is 4.45. The topological polar surface area (TPSA) is 90.4 Å². The number of ether oxygens (including phenoxy) is 1. The Morgan fingerprint density at radius 1 is 1.69 bits per heavy atom. The standard InChI is InChI=1S/C9H9N3O4/c1-12-4-7(3-10-12)15-5-6-2-8(9(13)14)11-16-6/h2-4H,5H2,1H3,(H,13,14). The lowest BCUT2D eigenvalue weighted by Crippen LogP contribution is -1.95. The lowest BCUT2D eigenvalue weighted by molar-refractivity contribution is 0.0685. The van der Waals surface area contributed by atoms with Crippen molar-refractivity contribution in [2.75, 3.05) is 0 Å². The molecule has 7 nitrogen and oxygen atoms in total. The zero-order valence-corrected chi connectivity index (χ0v) is 8.45. The summed E-state index contributed by atoms with van der Waals surface area (Å²) in [7, 11) is 1.77. The first kappa shape index (κ1) is 10.2. The van der Waals surface area contributed by atoms with Crippen LogP contribution in [-0.2, 0) is 13.7 Å². The maximum absolute atomic E-state index is 10.5. The Labute approximate surface area is 90.2 Å². The highest BCUT2D eigenvalue weighted by Gasteiger charge is 2.11. The van der Waals surface area contributed by atoms with E-state index in [1.54, 1.807) is 24.1 Å². The summed E-state index contributed by atoms with van der Waals surface area (Å²) < 4.78 is 11.7. The predicted molar refractivity (Wildman–Crippen MR) is 51.0 cm³/mol. The molecule has 0 amide bonds. The molecule has 84 valence electrons. The summed E-state index contributed by atoms with van der Waals surface area (Å²) in [6.07, 6.45) is 3.24. The predicted octanol–water partition coefficient (Wildman–Crippen LogP) is 0.685. The zero-order chi connectivity index (χ0) is 11.5. The van der Waals surface area contributed by atoms with Gasteiger partial charge in [-0.05, 0) is 0 Å². The molecule has 0 fully saturated rings. The van der Waals surface area contributed by atoms with Crippen molar-refractivity contribution in [1.29, 1.82) is 0 Å². The summed E-state index contributed by atoms with van der Waals surface area (Å²) in [6.45, 7) is 0.117. The molecule has 0 saturated heterocycles. The van der Waals surface area contributed by atoms with Gasteiger partial charge in [-0.15, -0.1) is 0 Å². The average Bonchev–Trinajstić information content (AvgIpc) is 2.83. The van der Waals surface area contributed by atoms with Crippen molar-refractivity contribution < 1.29 is 19.2 Å². The number of carbonyl (C=O) groups is 1. The highest BCUT2D eigenvalue weighted by molar-refractivity contribution is 5.85. The van der Waals surface area contributed by atoms with E-state index in [0.29, 0.717) is 11.5 Å². The largest absolute Gasteiger partial charge is 0.482 e. The van der Waals surface area contributed by atoms with Gasteiger partial charge in [-0.25, -0.2) is 4.79 Å². The molecule has 2 rings (SSSR count). The molecule has 0 atom stereocenters. The average molecular weight is 223 g/mol. The van der Waals surface area contributed by atoms with Crippen LogP contribution in [0.25, 0.3) is 0 Å². The SMILES string of the molecule is Cn1cc(OCc2cc(C(=O)O)no2)cn1. The molecule has 0 aliphatic heterocycles. The van der Waals surface area contributed by atoms with Gasteiger partial charge in [0.1, 0.15) is 6.61 Å². The molecule has 16 heavy (non-hydrogen) atoms. The third-order valence-corrected chi connectivity index (χ3v) is 1.84. The van der Waals surface area contributed by atoms with Crippen LogP contribution < -0.4 is 4.74 Å². The Morgan fingerprint density at radius 2 is 2.50 bits per heavy atom. The maximum atomic E-state index is 10.5. The first-order chi connectivity index (χ1) is 7.65. The molecular weight excluding hydrogens is 214 g/mol. The minimum atomic E-state index is -1.13. The Morgan fingerprint density at radius 3 is 3.06 bits per heavy atom. The fourth-order valence-electron chi connectivity index (χ4n) is 1.11. The van der Waals surface area contributed by atoms with Crippen molar-refractivity contribution in [2.24, 2.45) is 7.05 Å². The fourth-order valence-corrected chi connectivity index (χ4v) is 1.11. The van der Waals surface area contributed by atoms with Crippen molar-refractivity contribution in [3.05, 3.63) is 29.9 Å². The van der Waals surface area contributed by atoms with Crippen LogP contribution in [0.2, 0.25) is 0 Å². The van der Waals surface area contributed by atoms with Gasteiger partial charge >= 0.3 is 5.97 Å². The summed E-state index contributed by atoms with van der Waals surface area (Å²) in [5, 5.41) is 15.9. The molecule has 2 aromatic heterocycles. The summed E-state index contributed by atoms with van der Waals surface area (Å²) >= 11 is 0. The molecule has 0 bridgehead atoms. The highest BCUT2D eigenvalue weighted by atomic mass is 16.5. The van der Waals surface area contributed by atoms with Gasteiger partial charge in [0, 0.05) is 13.1 Å². The van der Waals surface area contributed by atoms with Crippen LogP contribution in [0, 0.1) is 0 Å². The first-order valence-corrected chi connectivity index (χ1v) is 4.45. The maximum Gasteiger partial charge on any atom is 0.358 e. The number of nitrogens with zero attached hydrogens (tertiary/aromatic N) is 3. The molecular formula is C9H9N3O4. The van der Waals surface area contributed by atoms with Gasteiger partial charge in [0.25, 0.3) is 0 Å². The van der Waals surface area contributed by atoms with E-state index in [1.165, 1.54) is 6.07 Å². The van der Waals surface area contributed by atoms with E-state index in [4.69, 9.17) is 14.4 Å². The van der Waals surface area contributed by atoms with Gasteiger partial charge in [0.05, 0.1) is 12.4 Å². The zero-order valence-electron chi connectivity index (χ0n) is 8.45. The molecule has 2 heterocycles. The van der Waals surface area contributed by atoms with E-state index in [9.17, 15) is 4.79 Å². The fraction of sp³-hybridized carbons (Fsp3) is 0.222. The van der Waals surface area contributed by atoms with Gasteiger partial charge < -0.3 is 14.4 Å². The minimum Gasteiger partial charge on any atom is -0.482 e. The molecule has 0 saturated carbocycles. The van der Waals surface area contributed by atoms with Crippen molar-refractivity contribution in [1.82, 2.24) is 14.9 Å². The minimum absolute atomic E-state index is 0.117. The highest BCUT2D eigenvalue weighted by Crippen LogP contribution is 2.11. The third kappa shape index (κ3) is 2.19. The molecule has 0 unspecified atom stereocenters. The van der Waals surface area contributed by atoms with Crippen LogP contribution >= 0.6 is 0 Å². The van der Waals surface area contributed by atoms with Crippen molar-refractivity contribution in [3.63, 3.8) is 0 Å². The molecule has 0 aliphatic rings. The van der Waals surface area contributed by atoms with Crippen LogP contribution in [0.5, 0.6) is 5.75 Å². The Balaban J connectivity index is 1.97. The number of hydrogen-bond donors (Lipinski definition) is 1. The van der Waals surface area contributed by atoms with Gasteiger partial charge in [0.15, 0.2) is 17.2 Å². The van der Waals surface area contributed by atoms with Gasteiger partial charge in [-0.1, -0.05) is 5.16 Å². The van der Waals surface area contributed by atoms with Crippen LogP contribution in [0.15, 0.2) is 23.0 Å². The molecule has 0 aromatic carbocycles. The van der Waals surface area contributed by atoms with Crippen LogP contribution in [0.4, 0.5) is 0 Å². The van der Waals surface area contributed by atoms with Crippen molar-refractivity contribution in [2.45, 2.75) is 6.61 Å². The number of carboxylic acid groups (broad SMARTS) is 1. The second-order valence-electron chi connectivity index (χ2n) is 3.12. The van der Waals surface area contributed by atoms with E-state index in [0.717, 1.165) is 0 Å². The smallest absolute Gasteiger partial charge is 0.358 e. The summed E-state index contributed by atoms with van der Waals surface area (Å²) in [5.74, 6) is -0.201. The summed E-state index contributed by atoms with van der Waals surface area (Å²) in [4.78, 5) is 10.5. The van der Waals surface area contributed by atoms with Crippen molar-refractivity contribution >= 4 is 5.97 Å². The van der Waals surface area contributed by atoms with Crippen LogP contribution in [-0.4, -0.2) is 26.0 Å². The van der Waals surface area contributed by atoms with E-state index in [-0.39, 0.29) is 12.3 Å². The van der Waals surface area contributed by atoms with Gasteiger partial charge in [0.2, 0.25) is 0 Å². The van der Waals surface area contributed by atoms with Gasteiger partial charge in [-0.2, -0.15) is 5.10 Å². The van der Waals surface area contributed by atoms with Crippen molar-refractivity contribution in [3.8, 4) is 5.75 Å². The Bertz CT molecular complexity index is 502. The van der Waals surface area contributed by atoms with E-state index in [2.05, 4.69) is 10.3 Å². The van der Waals surface area contributed by atoms with Crippen LogP contribution in [0.3, 0.4) is 0 Å². The summed E-state index contributed by atoms with van der Waals surface area (Å²) in [5.41, 5.74) is -0.134. The van der Waals surface area contributed by atoms with E-state index < -0.39 is 5.97 Å². The van der Waals surface area contributed by atoms with Gasteiger partial charge in [-0.3, -0.25) is 4.68 Å². The molecule has 0 spiro atoms. The molecule has 2 aromatic rings. The third-order valence-electron chi connectivity index (χ3n) is 1.84. The number of rotatable bonds is 4. The normalized spacial score (nSPS) is 10.3. The number of carboxylic acids is 1. The monoisotopic (exact) mass is 223 g/mol. The van der Waals surface area contributed by atoms with E-state index >= 15 is 0 Å². The van der Waals surface area contributed by atoms with Crippen LogP contribution in [0.1, 0.15) is 16.2 Å². The Kier molecular flexibility index (Phi) is 2.59. The number of aromatic carboxylic acids is 1. The molecule has 0 radical (unpaired) electrons. The number of hydrogen-bond acceptors (Lipinski definition) is 5.